The highest BCUT2D eigenvalue weighted by Crippen LogP contribution is 2.30. The molecule has 1 amide bonds. The Kier molecular flexibility index (Phi) is 4.65. The van der Waals surface area contributed by atoms with Gasteiger partial charge in [0.2, 0.25) is 0 Å². The highest BCUT2D eigenvalue weighted by molar-refractivity contribution is 6.09. The Morgan fingerprint density at radius 2 is 1.96 bits per heavy atom. The summed E-state index contributed by atoms with van der Waals surface area (Å²) in [6.45, 7) is 7.15. The Morgan fingerprint density at radius 3 is 2.64 bits per heavy atom. The zero-order valence-electron chi connectivity index (χ0n) is 14.7. The van der Waals surface area contributed by atoms with Gasteiger partial charge in [-0.1, -0.05) is 12.1 Å². The van der Waals surface area contributed by atoms with Crippen molar-refractivity contribution in [3.63, 3.8) is 0 Å². The quantitative estimate of drug-likeness (QED) is 0.681. The molecule has 0 atom stereocenters. The van der Waals surface area contributed by atoms with Crippen molar-refractivity contribution in [2.24, 2.45) is 0 Å². The number of aryl methyl sites for hydroxylation is 2. The molecule has 1 heterocycles. The van der Waals surface area contributed by atoms with Crippen LogP contribution in [0.2, 0.25) is 0 Å². The number of ether oxygens (including phenoxy) is 1. The van der Waals surface area contributed by atoms with Gasteiger partial charge in [0.05, 0.1) is 12.3 Å². The smallest absolute Gasteiger partial charge is 0.272 e. The third kappa shape index (κ3) is 3.05. The number of fused-ring (bicyclic) bond motifs is 1. The van der Waals surface area contributed by atoms with Crippen LogP contribution in [0.3, 0.4) is 0 Å². The fourth-order valence-corrected chi connectivity index (χ4v) is 3.14. The number of carbonyl (C=O) groups excluding carboxylic acids is 1. The van der Waals surface area contributed by atoms with E-state index < -0.39 is 0 Å². The second kappa shape index (κ2) is 6.89. The zero-order chi connectivity index (χ0) is 18.0. The van der Waals surface area contributed by atoms with E-state index in [2.05, 4.69) is 5.32 Å². The van der Waals surface area contributed by atoms with Crippen LogP contribution in [0.25, 0.3) is 10.9 Å². The number of aromatic nitrogens is 1. The number of para-hydroxylation sites is 2. The van der Waals surface area contributed by atoms with Crippen molar-refractivity contribution in [3.05, 3.63) is 53.7 Å². The summed E-state index contributed by atoms with van der Waals surface area (Å²) in [5.41, 5.74) is 2.88. The number of hydrogen-bond acceptors (Lipinski definition) is 3. The third-order valence-electron chi connectivity index (χ3n) is 4.28. The minimum Gasteiger partial charge on any atom is -0.506 e. The van der Waals surface area contributed by atoms with Crippen LogP contribution in [0.5, 0.6) is 11.5 Å². The third-order valence-corrected chi connectivity index (χ3v) is 4.28. The Bertz CT molecular complexity index is 928. The standard InChI is InChI=1S/C20H22N2O3/c1-4-22-17-11-10-14(25-5-2)12-15(17)13(3)19(22)20(24)21-16-8-6-7-9-18(16)23/h6-12,23H,4-5H2,1-3H3,(H,21,24). The molecular weight excluding hydrogens is 316 g/mol. The number of nitrogens with zero attached hydrogens (tertiary/aromatic N) is 1. The Morgan fingerprint density at radius 1 is 1.20 bits per heavy atom. The summed E-state index contributed by atoms with van der Waals surface area (Å²) in [7, 11) is 0. The van der Waals surface area contributed by atoms with E-state index in [0.717, 1.165) is 22.2 Å². The molecule has 0 bridgehead atoms. The second-order valence-corrected chi connectivity index (χ2v) is 5.80. The van der Waals surface area contributed by atoms with Gasteiger partial charge in [0.25, 0.3) is 5.91 Å². The van der Waals surface area contributed by atoms with Crippen molar-refractivity contribution < 1.29 is 14.6 Å². The number of phenols is 1. The van der Waals surface area contributed by atoms with Gasteiger partial charge in [-0.05, 0) is 56.7 Å². The molecule has 3 rings (SSSR count). The number of amides is 1. The van der Waals surface area contributed by atoms with Crippen molar-refractivity contribution in [2.75, 3.05) is 11.9 Å². The molecule has 5 nitrogen and oxygen atoms in total. The van der Waals surface area contributed by atoms with Gasteiger partial charge >= 0.3 is 0 Å². The zero-order valence-corrected chi connectivity index (χ0v) is 14.7. The monoisotopic (exact) mass is 338 g/mol. The van der Waals surface area contributed by atoms with Crippen LogP contribution in [0, 0.1) is 6.92 Å². The fraction of sp³-hybridized carbons (Fsp3) is 0.250. The van der Waals surface area contributed by atoms with Gasteiger partial charge in [-0.15, -0.1) is 0 Å². The minimum atomic E-state index is -0.241. The van der Waals surface area contributed by atoms with E-state index in [0.29, 0.717) is 24.5 Å². The topological polar surface area (TPSA) is 63.5 Å². The first-order valence-corrected chi connectivity index (χ1v) is 8.41. The van der Waals surface area contributed by atoms with Gasteiger partial charge in [0.1, 0.15) is 17.2 Å². The first-order valence-electron chi connectivity index (χ1n) is 8.41. The summed E-state index contributed by atoms with van der Waals surface area (Å²) in [6, 6.07) is 12.6. The van der Waals surface area contributed by atoms with E-state index in [9.17, 15) is 9.90 Å². The molecule has 0 aliphatic carbocycles. The van der Waals surface area contributed by atoms with Crippen molar-refractivity contribution in [2.45, 2.75) is 27.3 Å². The molecular formula is C20H22N2O3. The molecule has 0 saturated carbocycles. The summed E-state index contributed by atoms with van der Waals surface area (Å²) in [5.74, 6) is 0.598. The SMILES string of the molecule is CCOc1ccc2c(c1)c(C)c(C(=O)Nc1ccccc1O)n2CC. The lowest BCUT2D eigenvalue weighted by molar-refractivity contribution is 0.101. The van der Waals surface area contributed by atoms with E-state index in [4.69, 9.17) is 4.74 Å². The van der Waals surface area contributed by atoms with E-state index in [1.807, 2.05) is 43.5 Å². The molecule has 0 radical (unpaired) electrons. The number of benzene rings is 2. The Hall–Kier alpha value is -2.95. The van der Waals surface area contributed by atoms with E-state index >= 15 is 0 Å². The summed E-state index contributed by atoms with van der Waals surface area (Å²) in [5, 5.41) is 13.7. The van der Waals surface area contributed by atoms with Crippen LogP contribution in [-0.4, -0.2) is 22.2 Å². The molecule has 0 fully saturated rings. The van der Waals surface area contributed by atoms with Crippen LogP contribution >= 0.6 is 0 Å². The van der Waals surface area contributed by atoms with Gasteiger partial charge in [-0.25, -0.2) is 0 Å². The van der Waals surface area contributed by atoms with Gasteiger partial charge in [0, 0.05) is 17.4 Å². The molecule has 1 aromatic heterocycles. The number of carbonyl (C=O) groups is 1. The maximum absolute atomic E-state index is 12.9. The summed E-state index contributed by atoms with van der Waals surface area (Å²) >= 11 is 0. The molecule has 0 unspecified atom stereocenters. The highest BCUT2D eigenvalue weighted by atomic mass is 16.5. The van der Waals surface area contributed by atoms with Crippen molar-refractivity contribution in [1.82, 2.24) is 4.57 Å². The maximum Gasteiger partial charge on any atom is 0.272 e. The fourth-order valence-electron chi connectivity index (χ4n) is 3.14. The molecule has 0 aliphatic rings. The lowest BCUT2D eigenvalue weighted by Crippen LogP contribution is -2.17. The Labute approximate surface area is 146 Å². The van der Waals surface area contributed by atoms with E-state index in [1.165, 1.54) is 0 Å². The van der Waals surface area contributed by atoms with Crippen molar-refractivity contribution in [3.8, 4) is 11.5 Å². The number of rotatable bonds is 5. The van der Waals surface area contributed by atoms with Crippen LogP contribution in [0.4, 0.5) is 5.69 Å². The van der Waals surface area contributed by atoms with Crippen LogP contribution in [-0.2, 0) is 6.54 Å². The van der Waals surface area contributed by atoms with E-state index in [-0.39, 0.29) is 11.7 Å². The molecule has 0 saturated heterocycles. The molecule has 25 heavy (non-hydrogen) atoms. The molecule has 2 aromatic carbocycles. The largest absolute Gasteiger partial charge is 0.506 e. The summed E-state index contributed by atoms with van der Waals surface area (Å²) in [4.78, 5) is 12.9. The Balaban J connectivity index is 2.07. The first-order chi connectivity index (χ1) is 12.1. The van der Waals surface area contributed by atoms with Crippen LogP contribution < -0.4 is 10.1 Å². The van der Waals surface area contributed by atoms with Gasteiger partial charge in [-0.3, -0.25) is 4.79 Å². The number of anilines is 1. The summed E-state index contributed by atoms with van der Waals surface area (Å²) in [6.07, 6.45) is 0. The lowest BCUT2D eigenvalue weighted by atomic mass is 10.1. The minimum absolute atomic E-state index is 0.0475. The highest BCUT2D eigenvalue weighted by Gasteiger charge is 2.20. The number of phenolic OH excluding ortho intramolecular Hbond substituents is 1. The molecule has 0 aliphatic heterocycles. The van der Waals surface area contributed by atoms with Crippen molar-refractivity contribution in [1.29, 1.82) is 0 Å². The lowest BCUT2D eigenvalue weighted by Gasteiger charge is -2.11. The van der Waals surface area contributed by atoms with Crippen LogP contribution in [0.1, 0.15) is 29.9 Å². The number of hydrogen-bond donors (Lipinski definition) is 2. The normalized spacial score (nSPS) is 10.8. The first kappa shape index (κ1) is 16.9. The van der Waals surface area contributed by atoms with Gasteiger partial charge in [-0.2, -0.15) is 0 Å². The molecule has 130 valence electrons. The van der Waals surface area contributed by atoms with Crippen LogP contribution in [0.15, 0.2) is 42.5 Å². The van der Waals surface area contributed by atoms with Crippen molar-refractivity contribution >= 4 is 22.5 Å². The summed E-state index contributed by atoms with van der Waals surface area (Å²) < 4.78 is 7.56. The number of nitrogens with one attached hydrogen (secondary N) is 1. The predicted octanol–water partition coefficient (Wildman–Crippen LogP) is 4.33. The average Bonchev–Trinajstić information content (AvgIpc) is 2.89. The molecule has 0 spiro atoms. The molecule has 5 heteroatoms. The van der Waals surface area contributed by atoms with Gasteiger partial charge in [0.15, 0.2) is 0 Å². The van der Waals surface area contributed by atoms with E-state index in [1.54, 1.807) is 24.3 Å². The number of aromatic hydroxyl groups is 1. The average molecular weight is 338 g/mol. The molecule has 3 aromatic rings. The maximum atomic E-state index is 12.9. The molecule has 2 N–H and O–H groups in total. The van der Waals surface area contributed by atoms with Gasteiger partial charge < -0.3 is 19.7 Å². The predicted molar refractivity (Wildman–Crippen MR) is 99.6 cm³/mol. The second-order valence-electron chi connectivity index (χ2n) is 5.80.